The second-order valence-corrected chi connectivity index (χ2v) is 3.71. The first-order valence-electron chi connectivity index (χ1n) is 3.04. The summed E-state index contributed by atoms with van der Waals surface area (Å²) in [7, 11) is -4.02. The van der Waals surface area contributed by atoms with Crippen molar-refractivity contribution in [1.82, 2.24) is 0 Å². The molecule has 64 valence electrons. The van der Waals surface area contributed by atoms with Gasteiger partial charge in [0, 0.05) is 0 Å². The molecule has 0 unspecified atom stereocenters. The van der Waals surface area contributed by atoms with E-state index in [0.29, 0.717) is 0 Å². The van der Waals surface area contributed by atoms with E-state index in [1.54, 1.807) is 12.1 Å². The van der Waals surface area contributed by atoms with E-state index in [2.05, 4.69) is 0 Å². The van der Waals surface area contributed by atoms with E-state index in [1.165, 1.54) is 12.1 Å². The van der Waals surface area contributed by atoms with Gasteiger partial charge in [0.05, 0.1) is 4.90 Å². The Morgan fingerprint density at radius 3 is 1.92 bits per heavy atom. The maximum atomic E-state index is 10.5. The van der Waals surface area contributed by atoms with E-state index < -0.39 is 10.1 Å². The van der Waals surface area contributed by atoms with Crippen LogP contribution in [0.3, 0.4) is 0 Å². The van der Waals surface area contributed by atoms with Crippen LogP contribution in [0.15, 0.2) is 29.2 Å². The van der Waals surface area contributed by atoms with Crippen molar-refractivity contribution in [2.45, 2.75) is 11.8 Å². The molecule has 0 aliphatic heterocycles. The Morgan fingerprint density at radius 1 is 1.17 bits per heavy atom. The molecule has 3 nitrogen and oxygen atoms in total. The normalized spacial score (nSPS) is 10.5. The standard InChI is InChI=1S/C7H8O3S.Ba.2H/c1-6-2-4-7(5-3-6)11(8,9)10;;;/h2-5H,1H3,(H,8,9,10);;;. The molecule has 0 bridgehead atoms. The van der Waals surface area contributed by atoms with E-state index in [-0.39, 0.29) is 53.8 Å². The van der Waals surface area contributed by atoms with Crippen molar-refractivity contribution in [2.24, 2.45) is 0 Å². The molecule has 0 radical (unpaired) electrons. The third-order valence-corrected chi connectivity index (χ3v) is 2.19. The van der Waals surface area contributed by atoms with Gasteiger partial charge in [-0.05, 0) is 19.1 Å². The van der Waals surface area contributed by atoms with Crippen LogP contribution in [-0.2, 0) is 10.1 Å². The molecule has 1 aromatic carbocycles. The van der Waals surface area contributed by atoms with Gasteiger partial charge < -0.3 is 0 Å². The van der Waals surface area contributed by atoms with Crippen LogP contribution in [0.1, 0.15) is 5.56 Å². The first kappa shape index (κ1) is 12.7. The van der Waals surface area contributed by atoms with Gasteiger partial charge in [0.25, 0.3) is 10.1 Å². The van der Waals surface area contributed by atoms with Crippen molar-refractivity contribution >= 4 is 59.0 Å². The summed E-state index contributed by atoms with van der Waals surface area (Å²) in [6, 6.07) is 5.99. The first-order valence-corrected chi connectivity index (χ1v) is 4.48. The van der Waals surface area contributed by atoms with Gasteiger partial charge in [-0.3, -0.25) is 4.55 Å². The molecule has 0 saturated carbocycles. The van der Waals surface area contributed by atoms with E-state index >= 15 is 0 Å². The van der Waals surface area contributed by atoms with E-state index in [4.69, 9.17) is 4.55 Å². The Balaban J connectivity index is 0.00000121. The fourth-order valence-electron chi connectivity index (χ4n) is 0.710. The molecule has 0 aliphatic carbocycles. The number of aryl methyl sites for hydroxylation is 1. The average molecular weight is 312 g/mol. The SMILES string of the molecule is Cc1ccc(S(=O)(=O)O)cc1.[BaH2]. The fraction of sp³-hybridized carbons (Fsp3) is 0.143. The van der Waals surface area contributed by atoms with Gasteiger partial charge in [-0.25, -0.2) is 0 Å². The van der Waals surface area contributed by atoms with Crippen molar-refractivity contribution in [3.63, 3.8) is 0 Å². The van der Waals surface area contributed by atoms with Crippen LogP contribution in [-0.4, -0.2) is 61.9 Å². The molecule has 0 atom stereocenters. The van der Waals surface area contributed by atoms with Crippen LogP contribution >= 0.6 is 0 Å². The molecule has 0 aromatic heterocycles. The topological polar surface area (TPSA) is 54.4 Å². The molecule has 0 spiro atoms. The van der Waals surface area contributed by atoms with Gasteiger partial charge in [0.2, 0.25) is 0 Å². The van der Waals surface area contributed by atoms with E-state index in [0.717, 1.165) is 5.56 Å². The molecule has 0 saturated heterocycles. The summed E-state index contributed by atoms with van der Waals surface area (Å²) < 4.78 is 29.6. The van der Waals surface area contributed by atoms with Crippen LogP contribution in [0.2, 0.25) is 0 Å². The van der Waals surface area contributed by atoms with Crippen molar-refractivity contribution in [3.05, 3.63) is 29.8 Å². The van der Waals surface area contributed by atoms with Crippen molar-refractivity contribution in [2.75, 3.05) is 0 Å². The van der Waals surface area contributed by atoms with Crippen molar-refractivity contribution in [1.29, 1.82) is 0 Å². The molecule has 1 aromatic rings. The summed E-state index contributed by atoms with van der Waals surface area (Å²) in [6.07, 6.45) is 0. The zero-order valence-electron chi connectivity index (χ0n) is 5.98. The Labute approximate surface area is 112 Å². The van der Waals surface area contributed by atoms with Gasteiger partial charge in [-0.2, -0.15) is 8.42 Å². The molecule has 0 amide bonds. The summed E-state index contributed by atoms with van der Waals surface area (Å²) in [5.41, 5.74) is 0.956. The molecule has 1 N–H and O–H groups in total. The molecule has 0 fully saturated rings. The molecule has 0 aliphatic rings. The van der Waals surface area contributed by atoms with Crippen LogP contribution in [0.5, 0.6) is 0 Å². The zero-order chi connectivity index (χ0) is 8.48. The molecule has 5 heteroatoms. The van der Waals surface area contributed by atoms with Crippen LogP contribution < -0.4 is 0 Å². The monoisotopic (exact) mass is 312 g/mol. The van der Waals surface area contributed by atoms with E-state index in [9.17, 15) is 8.42 Å². The summed E-state index contributed by atoms with van der Waals surface area (Å²) in [5.74, 6) is 0. The first-order chi connectivity index (χ1) is 5.00. The number of hydrogen-bond donors (Lipinski definition) is 1. The predicted molar refractivity (Wildman–Crippen MR) is 49.5 cm³/mol. The second kappa shape index (κ2) is 4.80. The molecule has 0 heterocycles. The Kier molecular flexibility index (Phi) is 5.08. The minimum atomic E-state index is -4.02. The van der Waals surface area contributed by atoms with Gasteiger partial charge in [-0.15, -0.1) is 0 Å². The van der Waals surface area contributed by atoms with Crippen LogP contribution in [0, 0.1) is 6.92 Å². The third kappa shape index (κ3) is 3.61. The van der Waals surface area contributed by atoms with Gasteiger partial charge in [0.15, 0.2) is 0 Å². The van der Waals surface area contributed by atoms with Gasteiger partial charge in [-0.1, -0.05) is 17.7 Å². The Hall–Kier alpha value is 0.701. The molecular formula is C7H10BaO3S. The summed E-state index contributed by atoms with van der Waals surface area (Å²) in [5, 5.41) is 0. The van der Waals surface area contributed by atoms with Gasteiger partial charge >= 0.3 is 48.9 Å². The summed E-state index contributed by atoms with van der Waals surface area (Å²) in [6.45, 7) is 1.84. The molecular weight excluding hydrogens is 301 g/mol. The Bertz CT molecular complexity index is 341. The van der Waals surface area contributed by atoms with Crippen LogP contribution in [0.25, 0.3) is 0 Å². The maximum absolute atomic E-state index is 10.5. The second-order valence-electron chi connectivity index (χ2n) is 2.29. The van der Waals surface area contributed by atoms with Crippen molar-refractivity contribution in [3.8, 4) is 0 Å². The van der Waals surface area contributed by atoms with Crippen molar-refractivity contribution < 1.29 is 13.0 Å². The summed E-state index contributed by atoms with van der Waals surface area (Å²) in [4.78, 5) is -0.0666. The quantitative estimate of drug-likeness (QED) is 0.600. The number of hydrogen-bond acceptors (Lipinski definition) is 2. The van der Waals surface area contributed by atoms with Crippen LogP contribution in [0.4, 0.5) is 0 Å². The number of benzene rings is 1. The third-order valence-electron chi connectivity index (χ3n) is 1.32. The predicted octanol–water partition coefficient (Wildman–Crippen LogP) is 0.326. The summed E-state index contributed by atoms with van der Waals surface area (Å²) >= 11 is 0. The molecule has 12 heavy (non-hydrogen) atoms. The number of rotatable bonds is 1. The van der Waals surface area contributed by atoms with E-state index in [1.807, 2.05) is 6.92 Å². The zero-order valence-corrected chi connectivity index (χ0v) is 6.80. The average Bonchev–Trinajstić information content (AvgIpc) is 1.86. The Morgan fingerprint density at radius 2 is 1.58 bits per heavy atom. The minimum absolute atomic E-state index is 0. The van der Waals surface area contributed by atoms with Gasteiger partial charge in [0.1, 0.15) is 0 Å². The fourth-order valence-corrected chi connectivity index (χ4v) is 1.19. The molecule has 1 rings (SSSR count).